The Morgan fingerprint density at radius 2 is 2.11 bits per heavy atom. The number of anilines is 1. The molecule has 1 aromatic rings. The normalized spacial score (nSPS) is 12.1. The fourth-order valence-corrected chi connectivity index (χ4v) is 1.68. The highest BCUT2D eigenvalue weighted by Gasteiger charge is 2.26. The zero-order valence-corrected chi connectivity index (χ0v) is 11.1. The van der Waals surface area contributed by atoms with Crippen molar-refractivity contribution in [3.63, 3.8) is 0 Å². The van der Waals surface area contributed by atoms with Gasteiger partial charge in [-0.3, -0.25) is 14.9 Å². The number of hydrogen-bond donors (Lipinski definition) is 1. The summed E-state index contributed by atoms with van der Waals surface area (Å²) in [5.74, 6) is 0.0725. The summed E-state index contributed by atoms with van der Waals surface area (Å²) in [4.78, 5) is 23.6. The van der Waals surface area contributed by atoms with Crippen LogP contribution in [-0.4, -0.2) is 45.6 Å². The third kappa shape index (κ3) is 2.58. The topological polar surface area (TPSA) is 93.3 Å². The van der Waals surface area contributed by atoms with E-state index in [0.717, 1.165) is 0 Å². The molecule has 1 amide bonds. The summed E-state index contributed by atoms with van der Waals surface area (Å²) in [6.07, 6.45) is 0. The van der Waals surface area contributed by atoms with Crippen molar-refractivity contribution in [2.75, 3.05) is 19.4 Å². The van der Waals surface area contributed by atoms with E-state index in [1.54, 1.807) is 35.0 Å². The van der Waals surface area contributed by atoms with Gasteiger partial charge in [0.15, 0.2) is 0 Å². The number of amides is 1. The first kappa shape index (κ1) is 13.9. The van der Waals surface area contributed by atoms with E-state index in [-0.39, 0.29) is 17.4 Å². The summed E-state index contributed by atoms with van der Waals surface area (Å²) in [7, 11) is 4.85. The standard InChI is InChI=1S/C10H17N5O3/c1-6-8(15(17)18)9(14(5)12-6)11-7(2)10(16)13(3)4/h7,11H,1-5H3. The average Bonchev–Trinajstić information content (AvgIpc) is 2.52. The largest absolute Gasteiger partial charge is 0.353 e. The first-order chi connectivity index (χ1) is 8.25. The van der Waals surface area contributed by atoms with Crippen molar-refractivity contribution in [1.29, 1.82) is 0 Å². The second kappa shape index (κ2) is 5.03. The molecule has 0 aliphatic heterocycles. The van der Waals surface area contributed by atoms with Crippen molar-refractivity contribution in [1.82, 2.24) is 14.7 Å². The van der Waals surface area contributed by atoms with Gasteiger partial charge in [0.2, 0.25) is 11.7 Å². The number of nitrogens with one attached hydrogen (secondary N) is 1. The van der Waals surface area contributed by atoms with E-state index < -0.39 is 11.0 Å². The number of hydrogen-bond acceptors (Lipinski definition) is 5. The molecule has 1 unspecified atom stereocenters. The van der Waals surface area contributed by atoms with Crippen molar-refractivity contribution in [2.24, 2.45) is 7.05 Å². The summed E-state index contributed by atoms with van der Waals surface area (Å²) in [6.45, 7) is 3.20. The van der Waals surface area contributed by atoms with E-state index in [0.29, 0.717) is 5.69 Å². The predicted molar refractivity (Wildman–Crippen MR) is 66.4 cm³/mol. The molecule has 18 heavy (non-hydrogen) atoms. The molecule has 8 nitrogen and oxygen atoms in total. The zero-order valence-electron chi connectivity index (χ0n) is 11.1. The van der Waals surface area contributed by atoms with Crippen LogP contribution in [0, 0.1) is 17.0 Å². The molecular formula is C10H17N5O3. The van der Waals surface area contributed by atoms with Gasteiger partial charge < -0.3 is 10.2 Å². The molecule has 100 valence electrons. The van der Waals surface area contributed by atoms with Crippen molar-refractivity contribution in [3.8, 4) is 0 Å². The van der Waals surface area contributed by atoms with Crippen LogP contribution in [0.4, 0.5) is 11.5 Å². The van der Waals surface area contributed by atoms with Gasteiger partial charge in [-0.25, -0.2) is 4.68 Å². The number of aromatic nitrogens is 2. The molecule has 1 rings (SSSR count). The summed E-state index contributed by atoms with van der Waals surface area (Å²) < 4.78 is 1.37. The molecule has 0 aliphatic rings. The first-order valence-corrected chi connectivity index (χ1v) is 5.41. The molecule has 0 radical (unpaired) electrons. The van der Waals surface area contributed by atoms with E-state index in [1.165, 1.54) is 9.58 Å². The minimum absolute atomic E-state index is 0.101. The van der Waals surface area contributed by atoms with Gasteiger partial charge in [0.1, 0.15) is 11.7 Å². The lowest BCUT2D eigenvalue weighted by Crippen LogP contribution is -2.37. The SMILES string of the molecule is Cc1nn(C)c(NC(C)C(=O)N(C)C)c1[N+](=O)[O-]. The molecule has 0 saturated carbocycles. The Morgan fingerprint density at radius 1 is 1.56 bits per heavy atom. The van der Waals surface area contributed by atoms with E-state index in [1.807, 2.05) is 0 Å². The van der Waals surface area contributed by atoms with Gasteiger partial charge in [-0.15, -0.1) is 0 Å². The predicted octanol–water partition coefficient (Wildman–Crippen LogP) is 0.525. The lowest BCUT2D eigenvalue weighted by molar-refractivity contribution is -0.384. The van der Waals surface area contributed by atoms with Crippen molar-refractivity contribution in [2.45, 2.75) is 19.9 Å². The van der Waals surface area contributed by atoms with Gasteiger partial charge in [0, 0.05) is 21.1 Å². The molecule has 1 N–H and O–H groups in total. The lowest BCUT2D eigenvalue weighted by atomic mass is 10.3. The van der Waals surface area contributed by atoms with Crippen LogP contribution in [0.3, 0.4) is 0 Å². The van der Waals surface area contributed by atoms with E-state index in [2.05, 4.69) is 10.4 Å². The van der Waals surface area contributed by atoms with Crippen molar-refractivity contribution >= 4 is 17.4 Å². The van der Waals surface area contributed by atoms with Gasteiger partial charge in [-0.05, 0) is 13.8 Å². The Balaban J connectivity index is 3.04. The third-order valence-corrected chi connectivity index (χ3v) is 2.54. The Morgan fingerprint density at radius 3 is 2.56 bits per heavy atom. The second-order valence-electron chi connectivity index (χ2n) is 4.26. The quantitative estimate of drug-likeness (QED) is 0.625. The summed E-state index contributed by atoms with van der Waals surface area (Å²) in [5, 5.41) is 17.8. The van der Waals surface area contributed by atoms with Crippen LogP contribution in [0.15, 0.2) is 0 Å². The van der Waals surface area contributed by atoms with Crippen molar-refractivity contribution in [3.05, 3.63) is 15.8 Å². The van der Waals surface area contributed by atoms with Crippen molar-refractivity contribution < 1.29 is 9.72 Å². The van der Waals surface area contributed by atoms with Crippen LogP contribution in [-0.2, 0) is 11.8 Å². The van der Waals surface area contributed by atoms with Gasteiger partial charge in [0.05, 0.1) is 4.92 Å². The van der Waals surface area contributed by atoms with Crippen LogP contribution in [0.1, 0.15) is 12.6 Å². The van der Waals surface area contributed by atoms with Crippen LogP contribution < -0.4 is 5.32 Å². The third-order valence-electron chi connectivity index (χ3n) is 2.54. The number of likely N-dealkylation sites (N-methyl/N-ethyl adjacent to an activating group) is 1. The summed E-state index contributed by atoms with van der Waals surface area (Å²) in [6, 6.07) is -0.562. The lowest BCUT2D eigenvalue weighted by Gasteiger charge is -2.18. The number of aryl methyl sites for hydroxylation is 2. The van der Waals surface area contributed by atoms with E-state index >= 15 is 0 Å². The molecule has 0 bridgehead atoms. The maximum absolute atomic E-state index is 11.7. The number of nitro groups is 1. The number of carbonyl (C=O) groups is 1. The van der Waals surface area contributed by atoms with E-state index in [9.17, 15) is 14.9 Å². The second-order valence-corrected chi connectivity index (χ2v) is 4.26. The van der Waals surface area contributed by atoms with Gasteiger partial charge in [-0.2, -0.15) is 5.10 Å². The Kier molecular flexibility index (Phi) is 3.89. The summed E-state index contributed by atoms with van der Waals surface area (Å²) in [5.41, 5.74) is 0.213. The van der Waals surface area contributed by atoms with Crippen LogP contribution in [0.2, 0.25) is 0 Å². The maximum Gasteiger partial charge on any atom is 0.333 e. The Hall–Kier alpha value is -2.12. The maximum atomic E-state index is 11.7. The van der Waals surface area contributed by atoms with Crippen LogP contribution in [0.25, 0.3) is 0 Å². The minimum atomic E-state index is -0.562. The fourth-order valence-electron chi connectivity index (χ4n) is 1.68. The first-order valence-electron chi connectivity index (χ1n) is 5.41. The zero-order chi connectivity index (χ0) is 14.0. The molecule has 1 heterocycles. The highest BCUT2D eigenvalue weighted by atomic mass is 16.6. The number of nitrogens with zero attached hydrogens (tertiary/aromatic N) is 4. The average molecular weight is 255 g/mol. The Labute approximate surface area is 105 Å². The number of carbonyl (C=O) groups excluding carboxylic acids is 1. The molecular weight excluding hydrogens is 238 g/mol. The molecule has 1 aromatic heterocycles. The van der Waals surface area contributed by atoms with Gasteiger partial charge in [0.25, 0.3) is 0 Å². The highest BCUT2D eigenvalue weighted by Crippen LogP contribution is 2.27. The molecule has 1 atom stereocenters. The molecule has 8 heteroatoms. The molecule has 0 saturated heterocycles. The summed E-state index contributed by atoms with van der Waals surface area (Å²) >= 11 is 0. The smallest absolute Gasteiger partial charge is 0.333 e. The molecule has 0 aliphatic carbocycles. The number of rotatable bonds is 4. The molecule has 0 spiro atoms. The van der Waals surface area contributed by atoms with E-state index in [4.69, 9.17) is 0 Å². The molecule has 0 aromatic carbocycles. The monoisotopic (exact) mass is 255 g/mol. The molecule has 0 fully saturated rings. The fraction of sp³-hybridized carbons (Fsp3) is 0.600. The van der Waals surface area contributed by atoms with Crippen LogP contribution >= 0.6 is 0 Å². The van der Waals surface area contributed by atoms with Crippen LogP contribution in [0.5, 0.6) is 0 Å². The highest BCUT2D eigenvalue weighted by molar-refractivity contribution is 5.84. The van der Waals surface area contributed by atoms with Gasteiger partial charge in [-0.1, -0.05) is 0 Å². The Bertz CT molecular complexity index is 480. The van der Waals surface area contributed by atoms with Gasteiger partial charge >= 0.3 is 5.69 Å². The minimum Gasteiger partial charge on any atom is -0.353 e.